The van der Waals surface area contributed by atoms with Crippen molar-refractivity contribution in [3.8, 4) is 22.9 Å². The van der Waals surface area contributed by atoms with Gasteiger partial charge in [0, 0.05) is 24.2 Å². The lowest BCUT2D eigenvalue weighted by Gasteiger charge is -2.43. The van der Waals surface area contributed by atoms with Crippen LogP contribution in [0.25, 0.3) is 21.2 Å². The monoisotopic (exact) mass is 679 g/mol. The Labute approximate surface area is 281 Å². The number of nitrogens with zero attached hydrogens (tertiary/aromatic N) is 2. The van der Waals surface area contributed by atoms with Crippen LogP contribution in [0.5, 0.6) is 5.75 Å². The van der Waals surface area contributed by atoms with Gasteiger partial charge in [0.2, 0.25) is 0 Å². The molecule has 1 aromatic heterocycles. The van der Waals surface area contributed by atoms with Gasteiger partial charge in [-0.2, -0.15) is 5.26 Å². The molecule has 246 valence electrons. The second kappa shape index (κ2) is 13.9. The minimum atomic E-state index is -1.07. The van der Waals surface area contributed by atoms with E-state index in [-0.39, 0.29) is 49.9 Å². The molecule has 2 amide bonds. The summed E-state index contributed by atoms with van der Waals surface area (Å²) in [5.74, 6) is -1.21. The Morgan fingerprint density at radius 2 is 1.77 bits per heavy atom. The van der Waals surface area contributed by atoms with Crippen LogP contribution in [0.1, 0.15) is 67.3 Å². The molecular weight excluding hydrogens is 644 g/mol. The molecule has 11 heteroatoms. The average Bonchev–Trinajstić information content (AvgIpc) is 3.41. The van der Waals surface area contributed by atoms with Crippen molar-refractivity contribution in [1.29, 1.82) is 5.26 Å². The quantitative estimate of drug-likeness (QED) is 0.193. The zero-order chi connectivity index (χ0) is 34.0. The topological polar surface area (TPSA) is 103 Å². The highest BCUT2D eigenvalue weighted by molar-refractivity contribution is 7.21. The van der Waals surface area contributed by atoms with E-state index in [9.17, 15) is 28.7 Å². The molecule has 1 unspecified atom stereocenters. The van der Waals surface area contributed by atoms with Crippen molar-refractivity contribution in [2.24, 2.45) is 11.3 Å². The average molecular weight is 680 g/mol. The summed E-state index contributed by atoms with van der Waals surface area (Å²) in [6, 6.07) is 16.4. The second-order valence-electron chi connectivity index (χ2n) is 13.0. The summed E-state index contributed by atoms with van der Waals surface area (Å²) in [6.45, 7) is 6.13. The van der Waals surface area contributed by atoms with E-state index in [0.29, 0.717) is 42.6 Å². The highest BCUT2D eigenvalue weighted by Crippen LogP contribution is 2.42. The molecule has 1 atom stereocenters. The fourth-order valence-corrected chi connectivity index (χ4v) is 8.19. The third-order valence-corrected chi connectivity index (χ3v) is 10.6. The number of fused-ring (bicyclic) bond motifs is 1. The second-order valence-corrected chi connectivity index (χ2v) is 14.4. The molecule has 1 fully saturated rings. The van der Waals surface area contributed by atoms with Crippen LogP contribution >= 0.6 is 22.9 Å². The Hall–Kier alpha value is -4.20. The summed E-state index contributed by atoms with van der Waals surface area (Å²) < 4.78 is 35.3. The van der Waals surface area contributed by atoms with Gasteiger partial charge >= 0.3 is 6.09 Å². The molecule has 0 saturated heterocycles. The number of halogens is 3. The molecule has 3 aromatic carbocycles. The fourth-order valence-electron chi connectivity index (χ4n) is 6.69. The molecule has 0 spiro atoms. The van der Waals surface area contributed by atoms with Gasteiger partial charge in [-0.25, -0.2) is 13.6 Å². The molecule has 0 radical (unpaired) electrons. The van der Waals surface area contributed by atoms with Crippen LogP contribution in [0.15, 0.2) is 54.6 Å². The van der Waals surface area contributed by atoms with Gasteiger partial charge < -0.3 is 20.1 Å². The minimum absolute atomic E-state index is 0.0216. The van der Waals surface area contributed by atoms with E-state index in [4.69, 9.17) is 16.3 Å². The molecule has 1 aliphatic carbocycles. The van der Waals surface area contributed by atoms with E-state index in [1.54, 1.807) is 30.2 Å². The summed E-state index contributed by atoms with van der Waals surface area (Å²) >= 11 is 7.44. The molecule has 2 N–H and O–H groups in total. The molecule has 5 rings (SSSR count). The van der Waals surface area contributed by atoms with Crippen molar-refractivity contribution >= 4 is 45.0 Å². The first kappa shape index (κ1) is 34.1. The first-order chi connectivity index (χ1) is 22.3. The summed E-state index contributed by atoms with van der Waals surface area (Å²) in [5, 5.41) is 21.4. The smallest absolute Gasteiger partial charge is 0.404 e. The van der Waals surface area contributed by atoms with E-state index in [1.807, 2.05) is 45.0 Å². The third kappa shape index (κ3) is 7.21. The standard InChI is InChI=1S/C36H36ClF2N3O4S/c1-36(2,3)33(41-35(44)45)21-8-11-25(12-9-21)42(34(43)32-30(37)29-26(38)13-14-27(39)31(29)47-32)19-24-17-23(10-15-28(24)46-4)22-7-5-6-20(16-22)18-40/h5-7,10,13-17,21,25,33,41H,8-9,11-12,19H2,1-4H3,(H,44,45). The molecule has 1 aliphatic rings. The van der Waals surface area contributed by atoms with Crippen molar-refractivity contribution in [1.82, 2.24) is 10.2 Å². The fraction of sp³-hybridized carbons (Fsp3) is 0.361. The van der Waals surface area contributed by atoms with Gasteiger partial charge in [0.05, 0.1) is 33.9 Å². The van der Waals surface area contributed by atoms with Crippen molar-refractivity contribution in [2.75, 3.05) is 7.11 Å². The van der Waals surface area contributed by atoms with Gasteiger partial charge in [-0.3, -0.25) is 4.79 Å². The Bertz CT molecular complexity index is 1860. The van der Waals surface area contributed by atoms with E-state index in [2.05, 4.69) is 11.4 Å². The Kier molecular flexibility index (Phi) is 10.1. The zero-order valence-electron chi connectivity index (χ0n) is 26.6. The number of rotatable bonds is 8. The normalized spacial score (nSPS) is 17.1. The lowest BCUT2D eigenvalue weighted by molar-refractivity contribution is 0.0543. The van der Waals surface area contributed by atoms with Gasteiger partial charge in [0.25, 0.3) is 5.91 Å². The number of benzene rings is 3. The number of thiophene rings is 1. The Morgan fingerprint density at radius 3 is 2.38 bits per heavy atom. The number of nitrogens with one attached hydrogen (secondary N) is 1. The van der Waals surface area contributed by atoms with Crippen molar-refractivity contribution in [2.45, 2.75) is 65.1 Å². The number of amides is 2. The molecule has 0 aliphatic heterocycles. The van der Waals surface area contributed by atoms with Gasteiger partial charge in [-0.15, -0.1) is 11.3 Å². The van der Waals surface area contributed by atoms with Gasteiger partial charge in [0.1, 0.15) is 22.3 Å². The number of carbonyl (C=O) groups is 2. The van der Waals surface area contributed by atoms with Crippen molar-refractivity contribution in [3.63, 3.8) is 0 Å². The molecule has 0 bridgehead atoms. The van der Waals surface area contributed by atoms with Crippen LogP contribution < -0.4 is 10.1 Å². The number of hydrogen-bond acceptors (Lipinski definition) is 5. The molecule has 1 heterocycles. The number of ether oxygens (including phenoxy) is 1. The van der Waals surface area contributed by atoms with Gasteiger partial charge in [0.15, 0.2) is 0 Å². The summed E-state index contributed by atoms with van der Waals surface area (Å²) in [5.41, 5.74) is 2.55. The number of carbonyl (C=O) groups excluding carboxylic acids is 1. The Balaban J connectivity index is 1.54. The van der Waals surface area contributed by atoms with Crippen molar-refractivity contribution < 1.29 is 28.2 Å². The van der Waals surface area contributed by atoms with Gasteiger partial charge in [-0.05, 0) is 84.5 Å². The lowest BCUT2D eigenvalue weighted by Crippen LogP contribution is -2.50. The Morgan fingerprint density at radius 1 is 1.09 bits per heavy atom. The van der Waals surface area contributed by atoms with Crippen LogP contribution in [0.2, 0.25) is 5.02 Å². The minimum Gasteiger partial charge on any atom is -0.496 e. The number of methoxy groups -OCH3 is 1. The van der Waals surface area contributed by atoms with E-state index >= 15 is 0 Å². The molecule has 1 saturated carbocycles. The van der Waals surface area contributed by atoms with Crippen LogP contribution in [0.3, 0.4) is 0 Å². The molecule has 47 heavy (non-hydrogen) atoms. The maximum Gasteiger partial charge on any atom is 0.404 e. The lowest BCUT2D eigenvalue weighted by atomic mass is 9.72. The first-order valence-electron chi connectivity index (χ1n) is 15.4. The van der Waals surface area contributed by atoms with E-state index < -0.39 is 23.6 Å². The number of hydrogen-bond donors (Lipinski definition) is 2. The number of nitriles is 1. The maximum atomic E-state index is 14.8. The van der Waals surface area contributed by atoms with Crippen LogP contribution in [-0.2, 0) is 6.54 Å². The highest BCUT2D eigenvalue weighted by Gasteiger charge is 2.39. The SMILES string of the molecule is COc1ccc(-c2cccc(C#N)c2)cc1CN(C(=O)c1sc2c(F)ccc(F)c2c1Cl)C1CCC(C(NC(=O)O)C(C)(C)C)CC1. The molecule has 7 nitrogen and oxygen atoms in total. The predicted molar refractivity (Wildman–Crippen MR) is 180 cm³/mol. The number of carboxylic acid groups (broad SMARTS) is 1. The van der Waals surface area contributed by atoms with Crippen LogP contribution in [0.4, 0.5) is 13.6 Å². The van der Waals surface area contributed by atoms with Crippen molar-refractivity contribution in [3.05, 3.63) is 87.3 Å². The predicted octanol–water partition coefficient (Wildman–Crippen LogP) is 9.26. The third-order valence-electron chi connectivity index (χ3n) is 8.95. The van der Waals surface area contributed by atoms with Crippen LogP contribution in [0, 0.1) is 34.3 Å². The van der Waals surface area contributed by atoms with E-state index in [0.717, 1.165) is 34.6 Å². The van der Waals surface area contributed by atoms with E-state index in [1.165, 1.54) is 0 Å². The molecule has 4 aromatic rings. The largest absolute Gasteiger partial charge is 0.496 e. The van der Waals surface area contributed by atoms with Gasteiger partial charge in [-0.1, -0.05) is 50.6 Å². The summed E-state index contributed by atoms with van der Waals surface area (Å²) in [4.78, 5) is 27.9. The highest BCUT2D eigenvalue weighted by atomic mass is 35.5. The summed E-state index contributed by atoms with van der Waals surface area (Å²) in [7, 11) is 1.54. The summed E-state index contributed by atoms with van der Waals surface area (Å²) in [6.07, 6.45) is 1.43. The maximum absolute atomic E-state index is 14.8. The first-order valence-corrected chi connectivity index (χ1v) is 16.6. The zero-order valence-corrected chi connectivity index (χ0v) is 28.1. The molecular formula is C36H36ClF2N3O4S. The van der Waals surface area contributed by atoms with Crippen LogP contribution in [-0.4, -0.2) is 41.2 Å².